The summed E-state index contributed by atoms with van der Waals surface area (Å²) in [5.74, 6) is 0.570. The van der Waals surface area contributed by atoms with E-state index in [0.29, 0.717) is 5.92 Å². The first-order valence-corrected chi connectivity index (χ1v) is 6.35. The number of amides is 1. The van der Waals surface area contributed by atoms with Crippen molar-refractivity contribution < 1.29 is 14.3 Å². The molecule has 0 saturated heterocycles. The monoisotopic (exact) mass is 241 g/mol. The number of nitrogens with one attached hydrogen (secondary N) is 1. The Bertz CT molecular complexity index is 264. The molecule has 0 unspecified atom stereocenters. The minimum Gasteiger partial charge on any atom is -0.444 e. The summed E-state index contributed by atoms with van der Waals surface area (Å²) < 4.78 is 5.13. The number of hydrogen-bond acceptors (Lipinski definition) is 3. The molecule has 4 heteroatoms. The van der Waals surface area contributed by atoms with Crippen LogP contribution in [0.3, 0.4) is 0 Å². The molecule has 1 amide bonds. The van der Waals surface area contributed by atoms with Gasteiger partial charge in [-0.1, -0.05) is 25.7 Å². The van der Waals surface area contributed by atoms with E-state index < -0.39 is 17.7 Å². The Labute approximate surface area is 103 Å². The zero-order chi connectivity index (χ0) is 12.9. The second kappa shape index (κ2) is 6.03. The first-order chi connectivity index (χ1) is 7.90. The molecule has 0 heterocycles. The van der Waals surface area contributed by atoms with Gasteiger partial charge in [0.2, 0.25) is 0 Å². The zero-order valence-corrected chi connectivity index (χ0v) is 11.0. The molecule has 1 rings (SSSR count). The summed E-state index contributed by atoms with van der Waals surface area (Å²) in [5.41, 5.74) is -0.523. The Morgan fingerprint density at radius 3 is 2.47 bits per heavy atom. The van der Waals surface area contributed by atoms with Gasteiger partial charge in [-0.2, -0.15) is 0 Å². The first kappa shape index (κ1) is 14.0. The van der Waals surface area contributed by atoms with E-state index in [0.717, 1.165) is 12.7 Å². The molecule has 0 aromatic carbocycles. The summed E-state index contributed by atoms with van der Waals surface area (Å²) in [7, 11) is 0. The Morgan fingerprint density at radius 2 is 2.00 bits per heavy atom. The van der Waals surface area contributed by atoms with Crippen molar-refractivity contribution in [2.24, 2.45) is 5.92 Å². The number of aldehydes is 1. The molecule has 98 valence electrons. The first-order valence-electron chi connectivity index (χ1n) is 6.35. The molecule has 1 aliphatic carbocycles. The predicted molar refractivity (Wildman–Crippen MR) is 65.8 cm³/mol. The molecule has 1 aliphatic rings. The molecule has 1 N–H and O–H groups in total. The summed E-state index contributed by atoms with van der Waals surface area (Å²) >= 11 is 0. The molecule has 0 bridgehead atoms. The average molecular weight is 241 g/mol. The van der Waals surface area contributed by atoms with Crippen LogP contribution >= 0.6 is 0 Å². The fourth-order valence-electron chi connectivity index (χ4n) is 2.21. The number of rotatable bonds is 4. The van der Waals surface area contributed by atoms with Gasteiger partial charge in [-0.05, 0) is 33.1 Å². The molecule has 1 fully saturated rings. The molecule has 17 heavy (non-hydrogen) atoms. The van der Waals surface area contributed by atoms with E-state index in [9.17, 15) is 9.59 Å². The van der Waals surface area contributed by atoms with E-state index in [2.05, 4.69) is 5.32 Å². The predicted octanol–water partition coefficient (Wildman–Crippen LogP) is 2.66. The molecule has 4 nitrogen and oxygen atoms in total. The van der Waals surface area contributed by atoms with Crippen LogP contribution in [-0.2, 0) is 9.53 Å². The van der Waals surface area contributed by atoms with Crippen molar-refractivity contribution in [1.82, 2.24) is 5.32 Å². The third-order valence-corrected chi connectivity index (χ3v) is 2.93. The van der Waals surface area contributed by atoms with Crippen LogP contribution in [0.4, 0.5) is 4.79 Å². The SMILES string of the molecule is CC(C)(C)OC(=O)N[C@H](C=O)CC1CCCC1. The lowest BCUT2D eigenvalue weighted by molar-refractivity contribution is -0.110. The molecule has 0 aromatic rings. The molecule has 0 radical (unpaired) electrons. The highest BCUT2D eigenvalue weighted by molar-refractivity contribution is 5.73. The molecule has 1 saturated carbocycles. The van der Waals surface area contributed by atoms with Gasteiger partial charge in [0.1, 0.15) is 11.9 Å². The lowest BCUT2D eigenvalue weighted by Gasteiger charge is -2.22. The Morgan fingerprint density at radius 1 is 1.41 bits per heavy atom. The van der Waals surface area contributed by atoms with E-state index >= 15 is 0 Å². The van der Waals surface area contributed by atoms with Gasteiger partial charge in [-0.15, -0.1) is 0 Å². The molecule has 0 aliphatic heterocycles. The summed E-state index contributed by atoms with van der Waals surface area (Å²) in [6.45, 7) is 5.42. The summed E-state index contributed by atoms with van der Waals surface area (Å²) in [4.78, 5) is 22.4. The molecule has 1 atom stereocenters. The van der Waals surface area contributed by atoms with Crippen LogP contribution in [-0.4, -0.2) is 24.0 Å². The quantitative estimate of drug-likeness (QED) is 0.770. The number of carbonyl (C=O) groups is 2. The standard InChI is InChI=1S/C13H23NO3/c1-13(2,3)17-12(16)14-11(9-15)8-10-6-4-5-7-10/h9-11H,4-8H2,1-3H3,(H,14,16)/t11-/m0/s1. The molecule has 0 spiro atoms. The third-order valence-electron chi connectivity index (χ3n) is 2.93. The summed E-state index contributed by atoms with van der Waals surface area (Å²) in [6, 6.07) is -0.409. The molecular weight excluding hydrogens is 218 g/mol. The smallest absolute Gasteiger partial charge is 0.408 e. The lowest BCUT2D eigenvalue weighted by Crippen LogP contribution is -2.40. The van der Waals surface area contributed by atoms with Crippen LogP contribution in [0.1, 0.15) is 52.9 Å². The minimum atomic E-state index is -0.523. The number of carbonyl (C=O) groups excluding carboxylic acids is 2. The second-order valence-electron chi connectivity index (χ2n) is 5.77. The number of hydrogen-bond donors (Lipinski definition) is 1. The fraction of sp³-hybridized carbons (Fsp3) is 0.846. The normalized spacial score (nSPS) is 18.8. The average Bonchev–Trinajstić information content (AvgIpc) is 2.66. The molecular formula is C13H23NO3. The van der Waals surface area contributed by atoms with Gasteiger partial charge >= 0.3 is 6.09 Å². The highest BCUT2D eigenvalue weighted by Gasteiger charge is 2.23. The second-order valence-corrected chi connectivity index (χ2v) is 5.77. The van der Waals surface area contributed by atoms with Crippen molar-refractivity contribution in [3.05, 3.63) is 0 Å². The van der Waals surface area contributed by atoms with Gasteiger partial charge in [-0.3, -0.25) is 0 Å². The van der Waals surface area contributed by atoms with Crippen LogP contribution < -0.4 is 5.32 Å². The fourth-order valence-corrected chi connectivity index (χ4v) is 2.21. The van der Waals surface area contributed by atoms with Crippen molar-refractivity contribution in [1.29, 1.82) is 0 Å². The number of alkyl carbamates (subject to hydrolysis) is 1. The van der Waals surface area contributed by atoms with E-state index in [1.807, 2.05) is 0 Å². The van der Waals surface area contributed by atoms with Gasteiger partial charge in [-0.25, -0.2) is 4.79 Å². The van der Waals surface area contributed by atoms with Crippen molar-refractivity contribution in [3.63, 3.8) is 0 Å². The lowest BCUT2D eigenvalue weighted by atomic mass is 9.99. The molecule has 0 aromatic heterocycles. The van der Waals surface area contributed by atoms with Gasteiger partial charge in [0.05, 0.1) is 6.04 Å². The highest BCUT2D eigenvalue weighted by atomic mass is 16.6. The topological polar surface area (TPSA) is 55.4 Å². The van der Waals surface area contributed by atoms with E-state index in [1.54, 1.807) is 20.8 Å². The van der Waals surface area contributed by atoms with Gasteiger partial charge in [0.15, 0.2) is 0 Å². The Hall–Kier alpha value is -1.06. The van der Waals surface area contributed by atoms with Crippen molar-refractivity contribution in [3.8, 4) is 0 Å². The maximum absolute atomic E-state index is 11.5. The van der Waals surface area contributed by atoms with Crippen molar-refractivity contribution in [2.75, 3.05) is 0 Å². The van der Waals surface area contributed by atoms with Crippen LogP contribution in [0, 0.1) is 5.92 Å². The maximum Gasteiger partial charge on any atom is 0.408 e. The van der Waals surface area contributed by atoms with Crippen LogP contribution in [0.5, 0.6) is 0 Å². The maximum atomic E-state index is 11.5. The van der Waals surface area contributed by atoms with E-state index in [4.69, 9.17) is 4.74 Å². The van der Waals surface area contributed by atoms with Crippen molar-refractivity contribution >= 4 is 12.4 Å². The van der Waals surface area contributed by atoms with Crippen LogP contribution in [0.15, 0.2) is 0 Å². The van der Waals surface area contributed by atoms with E-state index in [-0.39, 0.29) is 0 Å². The van der Waals surface area contributed by atoms with Gasteiger partial charge in [0.25, 0.3) is 0 Å². The summed E-state index contributed by atoms with van der Waals surface area (Å²) in [5, 5.41) is 2.62. The highest BCUT2D eigenvalue weighted by Crippen LogP contribution is 2.28. The van der Waals surface area contributed by atoms with Gasteiger partial charge in [0, 0.05) is 0 Å². The Balaban J connectivity index is 2.35. The summed E-state index contributed by atoms with van der Waals surface area (Å²) in [6.07, 6.45) is 5.85. The van der Waals surface area contributed by atoms with Crippen molar-refractivity contribution in [2.45, 2.75) is 64.5 Å². The van der Waals surface area contributed by atoms with Crippen LogP contribution in [0.2, 0.25) is 0 Å². The Kier molecular flexibility index (Phi) is 4.97. The largest absolute Gasteiger partial charge is 0.444 e. The number of ether oxygens (including phenoxy) is 1. The third kappa shape index (κ3) is 5.71. The van der Waals surface area contributed by atoms with Gasteiger partial charge < -0.3 is 14.8 Å². The zero-order valence-electron chi connectivity index (χ0n) is 11.0. The van der Waals surface area contributed by atoms with Crippen LogP contribution in [0.25, 0.3) is 0 Å². The van der Waals surface area contributed by atoms with E-state index in [1.165, 1.54) is 25.7 Å². The minimum absolute atomic E-state index is 0.409.